The minimum absolute atomic E-state index is 0.210. The zero-order chi connectivity index (χ0) is 18.1. The fourth-order valence-electron chi connectivity index (χ4n) is 4.56. The Balaban J connectivity index is 1.45. The van der Waals surface area contributed by atoms with Crippen LogP contribution >= 0.6 is 0 Å². The number of piperidine rings is 1. The molecule has 4 nitrogen and oxygen atoms in total. The third-order valence-corrected chi connectivity index (χ3v) is 5.89. The molecule has 0 radical (unpaired) electrons. The van der Waals surface area contributed by atoms with E-state index in [0.717, 1.165) is 30.7 Å². The van der Waals surface area contributed by atoms with Gasteiger partial charge in [-0.3, -0.25) is 9.69 Å². The SMILES string of the molecule is Cc1c(OC2C[C@H]3CC[C@@H](C2)N3Cc2ccccc2)cccc1C(N)=O. The highest BCUT2D eigenvalue weighted by atomic mass is 16.5. The second-order valence-electron chi connectivity index (χ2n) is 7.55. The van der Waals surface area contributed by atoms with Gasteiger partial charge in [-0.25, -0.2) is 0 Å². The number of hydrogen-bond donors (Lipinski definition) is 1. The largest absolute Gasteiger partial charge is 0.490 e. The fourth-order valence-corrected chi connectivity index (χ4v) is 4.56. The first kappa shape index (κ1) is 17.1. The van der Waals surface area contributed by atoms with E-state index in [2.05, 4.69) is 35.2 Å². The Hall–Kier alpha value is -2.33. The number of primary amides is 1. The van der Waals surface area contributed by atoms with Gasteiger partial charge in [-0.1, -0.05) is 36.4 Å². The predicted molar refractivity (Wildman–Crippen MR) is 102 cm³/mol. The smallest absolute Gasteiger partial charge is 0.249 e. The van der Waals surface area contributed by atoms with Crippen LogP contribution in [-0.4, -0.2) is 29.0 Å². The molecule has 2 aromatic carbocycles. The van der Waals surface area contributed by atoms with Gasteiger partial charge in [0.25, 0.3) is 0 Å². The van der Waals surface area contributed by atoms with Gasteiger partial charge in [0, 0.05) is 29.8 Å². The van der Waals surface area contributed by atoms with Crippen LogP contribution in [0.2, 0.25) is 0 Å². The first-order valence-electron chi connectivity index (χ1n) is 9.47. The van der Waals surface area contributed by atoms with Gasteiger partial charge in [0.2, 0.25) is 5.91 Å². The number of ether oxygens (including phenoxy) is 1. The van der Waals surface area contributed by atoms with Crippen molar-refractivity contribution >= 4 is 5.91 Å². The molecule has 2 aliphatic heterocycles. The summed E-state index contributed by atoms with van der Waals surface area (Å²) in [5.41, 5.74) is 8.24. The summed E-state index contributed by atoms with van der Waals surface area (Å²) in [6, 6.07) is 17.4. The Kier molecular flexibility index (Phi) is 4.68. The van der Waals surface area contributed by atoms with Gasteiger partial charge in [-0.2, -0.15) is 0 Å². The molecule has 4 rings (SSSR count). The van der Waals surface area contributed by atoms with E-state index >= 15 is 0 Å². The lowest BCUT2D eigenvalue weighted by molar-refractivity contribution is 0.0441. The molecule has 2 N–H and O–H groups in total. The van der Waals surface area contributed by atoms with Gasteiger partial charge in [0.1, 0.15) is 11.9 Å². The zero-order valence-corrected chi connectivity index (χ0v) is 15.2. The summed E-state index contributed by atoms with van der Waals surface area (Å²) in [5.74, 6) is 0.396. The molecule has 136 valence electrons. The van der Waals surface area contributed by atoms with Crippen molar-refractivity contribution in [1.82, 2.24) is 4.90 Å². The first-order chi connectivity index (χ1) is 12.6. The highest BCUT2D eigenvalue weighted by molar-refractivity contribution is 5.94. The molecule has 0 spiro atoms. The van der Waals surface area contributed by atoms with Gasteiger partial charge < -0.3 is 10.5 Å². The highest BCUT2D eigenvalue weighted by Crippen LogP contribution is 2.38. The lowest BCUT2D eigenvalue weighted by Gasteiger charge is -2.39. The van der Waals surface area contributed by atoms with E-state index in [-0.39, 0.29) is 6.10 Å². The molecule has 2 heterocycles. The Labute approximate surface area is 155 Å². The summed E-state index contributed by atoms with van der Waals surface area (Å²) < 4.78 is 6.32. The Bertz CT molecular complexity index is 776. The summed E-state index contributed by atoms with van der Waals surface area (Å²) in [5, 5.41) is 0. The van der Waals surface area contributed by atoms with Crippen LogP contribution in [0.15, 0.2) is 48.5 Å². The third kappa shape index (κ3) is 3.34. The molecule has 2 fully saturated rings. The second-order valence-corrected chi connectivity index (χ2v) is 7.55. The van der Waals surface area contributed by atoms with Crippen LogP contribution in [0.25, 0.3) is 0 Å². The van der Waals surface area contributed by atoms with Crippen molar-refractivity contribution in [3.05, 3.63) is 65.2 Å². The Morgan fingerprint density at radius 1 is 1.08 bits per heavy atom. The van der Waals surface area contributed by atoms with Crippen LogP contribution in [0.4, 0.5) is 0 Å². The number of benzene rings is 2. The molecule has 0 saturated carbocycles. The molecule has 0 aromatic heterocycles. The van der Waals surface area contributed by atoms with Crippen molar-refractivity contribution < 1.29 is 9.53 Å². The maximum absolute atomic E-state index is 11.6. The number of hydrogen-bond acceptors (Lipinski definition) is 3. The molecular weight excluding hydrogens is 324 g/mol. The van der Waals surface area contributed by atoms with Gasteiger partial charge in [0.05, 0.1) is 0 Å². The molecule has 2 bridgehead atoms. The van der Waals surface area contributed by atoms with Crippen LogP contribution in [-0.2, 0) is 6.54 Å². The van der Waals surface area contributed by atoms with Crippen molar-refractivity contribution in [3.8, 4) is 5.75 Å². The average Bonchev–Trinajstić information content (AvgIpc) is 2.87. The Morgan fingerprint density at radius 2 is 1.77 bits per heavy atom. The standard InChI is InChI=1S/C22H26N2O2/c1-15-20(22(23)25)8-5-9-21(15)26-19-12-17-10-11-18(13-19)24(17)14-16-6-3-2-4-7-16/h2-9,17-19H,10-14H2,1H3,(H2,23,25)/t17-,18+,19?. The van der Waals surface area contributed by atoms with Crippen molar-refractivity contribution in [2.45, 2.75) is 57.3 Å². The maximum atomic E-state index is 11.6. The summed E-state index contributed by atoms with van der Waals surface area (Å²) in [6.45, 7) is 2.94. The number of amides is 1. The van der Waals surface area contributed by atoms with Gasteiger partial charge in [-0.05, 0) is 50.3 Å². The minimum Gasteiger partial charge on any atom is -0.490 e. The zero-order valence-electron chi connectivity index (χ0n) is 15.2. The molecule has 2 aromatic rings. The number of nitrogens with zero attached hydrogens (tertiary/aromatic N) is 1. The van der Waals surface area contributed by atoms with Crippen molar-refractivity contribution in [3.63, 3.8) is 0 Å². The molecule has 0 aliphatic carbocycles. The molecule has 26 heavy (non-hydrogen) atoms. The first-order valence-corrected chi connectivity index (χ1v) is 9.47. The van der Waals surface area contributed by atoms with E-state index in [4.69, 9.17) is 10.5 Å². The quantitative estimate of drug-likeness (QED) is 0.895. The van der Waals surface area contributed by atoms with Gasteiger partial charge in [-0.15, -0.1) is 0 Å². The monoisotopic (exact) mass is 350 g/mol. The lowest BCUT2D eigenvalue weighted by Crippen LogP contribution is -2.45. The summed E-state index contributed by atoms with van der Waals surface area (Å²) >= 11 is 0. The number of carbonyl (C=O) groups excluding carboxylic acids is 1. The number of carbonyl (C=O) groups is 1. The van der Waals surface area contributed by atoms with E-state index in [9.17, 15) is 4.79 Å². The van der Waals surface area contributed by atoms with E-state index in [0.29, 0.717) is 17.6 Å². The van der Waals surface area contributed by atoms with Gasteiger partial charge in [0.15, 0.2) is 0 Å². The molecule has 1 amide bonds. The molecule has 2 aliphatic rings. The molecule has 1 unspecified atom stereocenters. The van der Waals surface area contributed by atoms with Crippen molar-refractivity contribution in [2.24, 2.45) is 5.73 Å². The van der Waals surface area contributed by atoms with Crippen LogP contribution in [0.5, 0.6) is 5.75 Å². The number of fused-ring (bicyclic) bond motifs is 2. The average molecular weight is 350 g/mol. The summed E-state index contributed by atoms with van der Waals surface area (Å²) in [6.07, 6.45) is 4.80. The normalized spacial score (nSPS) is 25.2. The fraction of sp³-hybridized carbons (Fsp3) is 0.409. The van der Waals surface area contributed by atoms with Crippen LogP contribution in [0, 0.1) is 6.92 Å². The van der Waals surface area contributed by atoms with E-state index in [1.165, 1.54) is 18.4 Å². The predicted octanol–water partition coefficient (Wildman–Crippen LogP) is 3.67. The third-order valence-electron chi connectivity index (χ3n) is 5.89. The molecule has 2 saturated heterocycles. The summed E-state index contributed by atoms with van der Waals surface area (Å²) in [7, 11) is 0. The van der Waals surface area contributed by atoms with Crippen LogP contribution < -0.4 is 10.5 Å². The maximum Gasteiger partial charge on any atom is 0.249 e. The lowest BCUT2D eigenvalue weighted by atomic mass is 9.98. The van der Waals surface area contributed by atoms with Crippen molar-refractivity contribution in [1.29, 1.82) is 0 Å². The Morgan fingerprint density at radius 3 is 2.42 bits per heavy atom. The van der Waals surface area contributed by atoms with Crippen LogP contribution in [0.1, 0.15) is 47.2 Å². The molecule has 4 heteroatoms. The molecular formula is C22H26N2O2. The minimum atomic E-state index is -0.398. The van der Waals surface area contributed by atoms with Crippen LogP contribution in [0.3, 0.4) is 0 Å². The van der Waals surface area contributed by atoms with Crippen molar-refractivity contribution in [2.75, 3.05) is 0 Å². The topological polar surface area (TPSA) is 55.6 Å². The second kappa shape index (κ2) is 7.12. The number of rotatable bonds is 5. The van der Waals surface area contributed by atoms with Gasteiger partial charge >= 0.3 is 0 Å². The van der Waals surface area contributed by atoms with E-state index in [1.807, 2.05) is 19.1 Å². The molecule has 3 atom stereocenters. The van der Waals surface area contributed by atoms with E-state index in [1.54, 1.807) is 6.07 Å². The summed E-state index contributed by atoms with van der Waals surface area (Å²) in [4.78, 5) is 14.2. The van der Waals surface area contributed by atoms with E-state index < -0.39 is 5.91 Å². The number of nitrogens with two attached hydrogens (primary N) is 1. The highest BCUT2D eigenvalue weighted by Gasteiger charge is 2.41.